The molecule has 0 aliphatic carbocycles. The Labute approximate surface area is 291 Å². The number of hydrogen-bond donors (Lipinski definition) is 2. The molecule has 1 fully saturated rings. The van der Waals surface area contributed by atoms with E-state index in [9.17, 15) is 19.0 Å². The minimum Gasteiger partial charge on any atom is -0.443 e. The molecule has 4 aromatic rings. The van der Waals surface area contributed by atoms with Crippen LogP contribution in [0.5, 0.6) is 0 Å². The summed E-state index contributed by atoms with van der Waals surface area (Å²) in [5.41, 5.74) is -0.646. The molecule has 1 saturated heterocycles. The van der Waals surface area contributed by atoms with E-state index in [2.05, 4.69) is 40.9 Å². The van der Waals surface area contributed by atoms with Crippen LogP contribution in [-0.4, -0.2) is 103 Å². The maximum Gasteiger partial charge on any atom is 0.509 e. The normalized spacial score (nSPS) is 20.6. The minimum atomic E-state index is -4.82. The van der Waals surface area contributed by atoms with Gasteiger partial charge in [0.05, 0.1) is 42.2 Å². The van der Waals surface area contributed by atoms with Crippen molar-refractivity contribution in [1.82, 2.24) is 49.5 Å². The highest BCUT2D eigenvalue weighted by molar-refractivity contribution is 7.47. The Kier molecular flexibility index (Phi) is 11.0. The lowest BCUT2D eigenvalue weighted by Crippen LogP contribution is -2.40. The molecular weight excluding hydrogens is 697 g/mol. The average Bonchev–Trinajstić information content (AvgIpc) is 3.80. The van der Waals surface area contributed by atoms with Gasteiger partial charge in [0, 0.05) is 14.1 Å². The molecule has 5 atom stereocenters. The number of ether oxygens (including phenoxy) is 5. The van der Waals surface area contributed by atoms with Gasteiger partial charge in [0.25, 0.3) is 0 Å². The third-order valence-electron chi connectivity index (χ3n) is 6.84. The molecule has 278 valence electrons. The number of fused-ring (bicyclic) bond motifs is 1. The standard InChI is InChI=1S/C28H40N11O11P/c1-27(2,3)46-13-18-20(49-51(42,43)50-28(4,5)6)21(48-26(41)45-12-17-9-32-35-38(17)8)24(47-18)39-15-31-19-22(29-14-30-23(19)39)33-25(40)44-11-16-10-37(7)36-34-16/h9-10,14-15,18,20-21,24H,11-13H2,1-8H3,(H,42,43)(H,29,30,33,40)/t18-,20?,21+,24-/m1/s1. The summed E-state index contributed by atoms with van der Waals surface area (Å²) >= 11 is 0. The number of nitrogens with one attached hydrogen (secondary N) is 1. The number of rotatable bonds is 12. The molecule has 5 rings (SSSR count). The summed E-state index contributed by atoms with van der Waals surface area (Å²) < 4.78 is 57.2. The molecule has 23 heteroatoms. The molecule has 1 amide bonds. The second-order valence-corrected chi connectivity index (χ2v) is 14.7. The van der Waals surface area contributed by atoms with E-state index in [0.717, 1.165) is 6.33 Å². The molecule has 0 radical (unpaired) electrons. The van der Waals surface area contributed by atoms with E-state index in [0.29, 0.717) is 11.4 Å². The first-order valence-corrected chi connectivity index (χ1v) is 17.0. The molecule has 22 nitrogen and oxygen atoms in total. The predicted octanol–water partition coefficient (Wildman–Crippen LogP) is 2.57. The summed E-state index contributed by atoms with van der Waals surface area (Å²) in [7, 11) is -1.53. The molecule has 2 N–H and O–H groups in total. The number of carbonyl (C=O) groups excluding carboxylic acids is 2. The number of phosphoric acid groups is 1. The third-order valence-corrected chi connectivity index (χ3v) is 8.13. The molecule has 0 saturated carbocycles. The van der Waals surface area contributed by atoms with Crippen molar-refractivity contribution in [2.24, 2.45) is 14.1 Å². The van der Waals surface area contributed by atoms with E-state index in [1.165, 1.54) is 26.5 Å². The quantitative estimate of drug-likeness (QED) is 0.156. The smallest absolute Gasteiger partial charge is 0.443 e. The summed E-state index contributed by atoms with van der Waals surface area (Å²) in [6.45, 7) is 9.56. The van der Waals surface area contributed by atoms with Crippen molar-refractivity contribution in [2.75, 3.05) is 11.9 Å². The maximum absolute atomic E-state index is 13.3. The Bertz CT molecular complexity index is 1880. The first-order chi connectivity index (χ1) is 23.9. The summed E-state index contributed by atoms with van der Waals surface area (Å²) in [6, 6.07) is 0. The molecule has 1 aliphatic heterocycles. The van der Waals surface area contributed by atoms with Crippen LogP contribution in [0.4, 0.5) is 15.4 Å². The zero-order valence-corrected chi connectivity index (χ0v) is 30.1. The number of carbonyl (C=O) groups is 2. The van der Waals surface area contributed by atoms with Crippen LogP contribution in [0.15, 0.2) is 25.0 Å². The molecule has 2 unspecified atom stereocenters. The summed E-state index contributed by atoms with van der Waals surface area (Å²) in [6.07, 6.45) is -1.89. The summed E-state index contributed by atoms with van der Waals surface area (Å²) in [5.74, 6) is -0.0126. The SMILES string of the molecule is Cn1cc(COC(=O)Nc2ncnc3c2ncn3[C@@H]2O[C@H](COC(C)(C)C)C(OP(=O)(O)OC(C)(C)C)[C@@H]2OC(=O)OCc2cnnn2C)nn1. The van der Waals surface area contributed by atoms with Crippen molar-refractivity contribution in [2.45, 2.75) is 90.5 Å². The number of hydrogen-bond acceptors (Lipinski definition) is 17. The summed E-state index contributed by atoms with van der Waals surface area (Å²) in [5, 5.41) is 17.7. The number of aromatic nitrogens is 10. The van der Waals surface area contributed by atoms with E-state index >= 15 is 0 Å². The van der Waals surface area contributed by atoms with Crippen molar-refractivity contribution in [3.8, 4) is 0 Å². The molecule has 51 heavy (non-hydrogen) atoms. The second-order valence-electron chi connectivity index (χ2n) is 13.3. The van der Waals surface area contributed by atoms with E-state index in [4.69, 9.17) is 32.7 Å². The Morgan fingerprint density at radius 2 is 1.78 bits per heavy atom. The fourth-order valence-electron chi connectivity index (χ4n) is 4.76. The Morgan fingerprint density at radius 3 is 2.43 bits per heavy atom. The van der Waals surface area contributed by atoms with Gasteiger partial charge in [0.15, 0.2) is 29.3 Å². The van der Waals surface area contributed by atoms with Crippen LogP contribution in [0.3, 0.4) is 0 Å². The van der Waals surface area contributed by atoms with Crippen molar-refractivity contribution in [1.29, 1.82) is 0 Å². The average molecular weight is 738 g/mol. The topological polar surface area (TPSA) is 253 Å². The fraction of sp³-hybridized carbons (Fsp3) is 0.607. The highest BCUT2D eigenvalue weighted by atomic mass is 31.2. The highest BCUT2D eigenvalue weighted by Gasteiger charge is 2.53. The molecule has 1 aliphatic rings. The van der Waals surface area contributed by atoms with E-state index < -0.39 is 55.8 Å². The Morgan fingerprint density at radius 1 is 1.02 bits per heavy atom. The van der Waals surface area contributed by atoms with Gasteiger partial charge in [-0.05, 0) is 41.5 Å². The highest BCUT2D eigenvalue weighted by Crippen LogP contribution is 2.52. The lowest BCUT2D eigenvalue weighted by Gasteiger charge is -2.29. The first-order valence-electron chi connectivity index (χ1n) is 15.5. The number of phosphoric ester groups is 1. The molecule has 0 spiro atoms. The number of anilines is 1. The van der Waals surface area contributed by atoms with E-state index in [1.54, 1.807) is 61.8 Å². The van der Waals surface area contributed by atoms with Gasteiger partial charge in [-0.2, -0.15) is 0 Å². The van der Waals surface area contributed by atoms with Crippen molar-refractivity contribution in [3.63, 3.8) is 0 Å². The lowest BCUT2D eigenvalue weighted by molar-refractivity contribution is -0.100. The maximum atomic E-state index is 13.3. The van der Waals surface area contributed by atoms with Gasteiger partial charge in [0.2, 0.25) is 0 Å². The van der Waals surface area contributed by atoms with Crippen LogP contribution in [0.2, 0.25) is 0 Å². The predicted molar refractivity (Wildman–Crippen MR) is 171 cm³/mol. The third kappa shape index (κ3) is 10.0. The van der Waals surface area contributed by atoms with Crippen molar-refractivity contribution < 1.29 is 51.8 Å². The zero-order valence-electron chi connectivity index (χ0n) is 29.2. The number of imidazole rings is 1. The van der Waals surface area contributed by atoms with E-state index in [1.807, 2.05) is 0 Å². The molecular formula is C28H40N11O11P. The molecule has 0 bridgehead atoms. The Balaban J connectivity index is 1.46. The van der Waals surface area contributed by atoms with Crippen LogP contribution in [0.1, 0.15) is 59.2 Å². The van der Waals surface area contributed by atoms with Crippen LogP contribution in [0.25, 0.3) is 11.2 Å². The minimum absolute atomic E-state index is 0.0126. The van der Waals surface area contributed by atoms with Gasteiger partial charge in [-0.15, -0.1) is 10.2 Å². The van der Waals surface area contributed by atoms with Gasteiger partial charge in [-0.3, -0.25) is 23.6 Å². The van der Waals surface area contributed by atoms with Crippen LogP contribution in [-0.2, 0) is 64.6 Å². The van der Waals surface area contributed by atoms with Gasteiger partial charge >= 0.3 is 20.1 Å². The van der Waals surface area contributed by atoms with E-state index in [-0.39, 0.29) is 36.8 Å². The zero-order chi connectivity index (χ0) is 37.1. The summed E-state index contributed by atoms with van der Waals surface area (Å²) in [4.78, 5) is 49.4. The molecule has 0 aromatic carbocycles. The lowest BCUT2D eigenvalue weighted by atomic mass is 10.1. The molecule has 5 heterocycles. The largest absolute Gasteiger partial charge is 0.509 e. The number of amides is 1. The van der Waals surface area contributed by atoms with Gasteiger partial charge in [-0.1, -0.05) is 10.4 Å². The molecule has 4 aromatic heterocycles. The van der Waals surface area contributed by atoms with Gasteiger partial charge in [0.1, 0.15) is 37.4 Å². The monoisotopic (exact) mass is 737 g/mol. The number of aryl methyl sites for hydroxylation is 2. The Hall–Kier alpha value is -4.60. The van der Waals surface area contributed by atoms with Crippen molar-refractivity contribution in [3.05, 3.63) is 36.4 Å². The van der Waals surface area contributed by atoms with Crippen molar-refractivity contribution >= 4 is 37.1 Å². The second kappa shape index (κ2) is 14.9. The van der Waals surface area contributed by atoms with Gasteiger partial charge in [-0.25, -0.2) is 33.8 Å². The fourth-order valence-corrected chi connectivity index (χ4v) is 6.05. The number of nitrogens with zero attached hydrogens (tertiary/aromatic N) is 10. The van der Waals surface area contributed by atoms with Crippen LogP contribution >= 0.6 is 7.82 Å². The first kappa shape index (κ1) is 37.7. The van der Waals surface area contributed by atoms with Crippen LogP contribution in [0, 0.1) is 0 Å². The van der Waals surface area contributed by atoms with Crippen LogP contribution < -0.4 is 5.32 Å². The van der Waals surface area contributed by atoms with Gasteiger partial charge < -0.3 is 28.6 Å².